The number of carbonyl (C=O) groups excluding carboxylic acids is 4. The highest BCUT2D eigenvalue weighted by Gasteiger charge is 2.56. The number of nitrogens with zero attached hydrogens (tertiary/aromatic N) is 2. The van der Waals surface area contributed by atoms with Crippen LogP contribution in [-0.4, -0.2) is 83.2 Å². The molecule has 0 spiro atoms. The Morgan fingerprint density at radius 2 is 1.77 bits per heavy atom. The van der Waals surface area contributed by atoms with Gasteiger partial charge in [-0.15, -0.1) is 0 Å². The summed E-state index contributed by atoms with van der Waals surface area (Å²) in [6.07, 6.45) is 1.50. The Balaban J connectivity index is 1.25. The van der Waals surface area contributed by atoms with Gasteiger partial charge in [-0.2, -0.15) is 0 Å². The van der Waals surface area contributed by atoms with Gasteiger partial charge in [-0.05, 0) is 55.2 Å². The number of nitrogens with one attached hydrogen (secondary N) is 2. The van der Waals surface area contributed by atoms with Gasteiger partial charge in [0.05, 0.1) is 22.6 Å². The molecule has 1 aromatic carbocycles. The molecule has 4 amide bonds. The molecular weight excluding hydrogens is 452 g/mol. The molecule has 0 radical (unpaired) electrons. The number of imide groups is 2. The topological polar surface area (TPSA) is 139 Å². The van der Waals surface area contributed by atoms with Gasteiger partial charge in [-0.3, -0.25) is 34.7 Å². The lowest BCUT2D eigenvalue weighted by Gasteiger charge is -2.49. The fraction of sp³-hybridized carbons (Fsp3) is 0.600. The lowest BCUT2D eigenvalue weighted by atomic mass is 9.77. The first-order valence-electron chi connectivity index (χ1n) is 12.4. The van der Waals surface area contributed by atoms with Gasteiger partial charge >= 0.3 is 0 Å². The first-order valence-corrected chi connectivity index (χ1v) is 12.4. The van der Waals surface area contributed by atoms with Gasteiger partial charge in [-0.1, -0.05) is 0 Å². The van der Waals surface area contributed by atoms with E-state index in [-0.39, 0.29) is 30.9 Å². The zero-order chi connectivity index (χ0) is 24.5. The molecule has 5 aliphatic rings. The van der Waals surface area contributed by atoms with Gasteiger partial charge in [0.25, 0.3) is 11.8 Å². The van der Waals surface area contributed by atoms with Crippen molar-refractivity contribution < 1.29 is 29.4 Å². The molecule has 4 fully saturated rings. The van der Waals surface area contributed by atoms with Crippen LogP contribution in [0.1, 0.15) is 46.4 Å². The predicted molar refractivity (Wildman–Crippen MR) is 123 cm³/mol. The van der Waals surface area contributed by atoms with E-state index in [4.69, 9.17) is 0 Å². The Bertz CT molecular complexity index is 1110. The van der Waals surface area contributed by atoms with Crippen LogP contribution >= 0.6 is 0 Å². The summed E-state index contributed by atoms with van der Waals surface area (Å²) in [6, 6.07) is 4.73. The van der Waals surface area contributed by atoms with Crippen LogP contribution in [0.25, 0.3) is 0 Å². The first-order chi connectivity index (χ1) is 16.8. The van der Waals surface area contributed by atoms with Crippen molar-refractivity contribution in [3.8, 4) is 0 Å². The minimum absolute atomic E-state index is 0.227. The summed E-state index contributed by atoms with van der Waals surface area (Å²) in [5.74, 6) is -0.541. The number of hydrogen-bond acceptors (Lipinski definition) is 8. The molecule has 4 N–H and O–H groups in total. The van der Waals surface area contributed by atoms with E-state index in [1.165, 1.54) is 0 Å². The fourth-order valence-electron chi connectivity index (χ4n) is 6.88. The highest BCUT2D eigenvalue weighted by atomic mass is 16.3. The zero-order valence-electron chi connectivity index (χ0n) is 19.4. The summed E-state index contributed by atoms with van der Waals surface area (Å²) < 4.78 is 0. The van der Waals surface area contributed by atoms with E-state index in [0.717, 1.165) is 18.8 Å². The third kappa shape index (κ3) is 3.84. The molecule has 4 aliphatic heterocycles. The van der Waals surface area contributed by atoms with Crippen molar-refractivity contribution in [2.24, 2.45) is 23.7 Å². The summed E-state index contributed by atoms with van der Waals surface area (Å²) in [7, 11) is 0. The van der Waals surface area contributed by atoms with Crippen molar-refractivity contribution >= 4 is 29.3 Å². The number of carbonyl (C=O) groups is 4. The molecule has 3 saturated heterocycles. The third-order valence-corrected chi connectivity index (χ3v) is 8.78. The Morgan fingerprint density at radius 1 is 1.03 bits per heavy atom. The van der Waals surface area contributed by atoms with Gasteiger partial charge in [0.1, 0.15) is 0 Å². The summed E-state index contributed by atoms with van der Waals surface area (Å²) in [5, 5.41) is 25.9. The van der Waals surface area contributed by atoms with Crippen LogP contribution in [0, 0.1) is 23.7 Å². The minimum atomic E-state index is -0.988. The zero-order valence-corrected chi connectivity index (χ0v) is 19.4. The van der Waals surface area contributed by atoms with Crippen molar-refractivity contribution in [2.45, 2.75) is 37.3 Å². The number of hydrogen-bond donors (Lipinski definition) is 4. The average Bonchev–Trinajstić information content (AvgIpc) is 3.14. The van der Waals surface area contributed by atoms with E-state index < -0.39 is 23.3 Å². The maximum atomic E-state index is 12.9. The molecular formula is C25H30N4O6. The molecule has 5 atom stereocenters. The summed E-state index contributed by atoms with van der Waals surface area (Å²) in [5.41, 5.74) is 0.376. The number of likely N-dealkylation sites (tertiary alicyclic amines) is 1. The average molecular weight is 483 g/mol. The number of anilines is 1. The number of rotatable bonds is 5. The first kappa shape index (κ1) is 22.6. The van der Waals surface area contributed by atoms with Crippen LogP contribution in [0.15, 0.2) is 18.2 Å². The maximum absolute atomic E-state index is 12.9. The van der Waals surface area contributed by atoms with Gasteiger partial charge in [0.15, 0.2) is 0 Å². The molecule has 1 saturated carbocycles. The van der Waals surface area contributed by atoms with Crippen LogP contribution in [0.3, 0.4) is 0 Å². The second-order valence-electron chi connectivity index (χ2n) is 10.9. The van der Waals surface area contributed by atoms with Crippen molar-refractivity contribution in [1.82, 2.24) is 15.5 Å². The van der Waals surface area contributed by atoms with Gasteiger partial charge in [0, 0.05) is 50.9 Å². The van der Waals surface area contributed by atoms with Crippen LogP contribution < -0.4 is 15.5 Å². The third-order valence-electron chi connectivity index (χ3n) is 8.78. The smallest absolute Gasteiger partial charge is 0.259 e. The fourth-order valence-corrected chi connectivity index (χ4v) is 6.88. The van der Waals surface area contributed by atoms with E-state index in [2.05, 4.69) is 15.5 Å². The molecule has 0 aromatic heterocycles. The van der Waals surface area contributed by atoms with Crippen molar-refractivity contribution in [2.75, 3.05) is 37.7 Å². The van der Waals surface area contributed by atoms with E-state index in [1.807, 2.05) is 4.90 Å². The molecule has 10 nitrogen and oxygen atoms in total. The number of benzene rings is 1. The molecule has 1 aromatic rings. The monoisotopic (exact) mass is 482 g/mol. The normalized spacial score (nSPS) is 36.6. The number of aliphatic hydroxyl groups excluding tert-OH is 1. The second-order valence-corrected chi connectivity index (χ2v) is 10.9. The largest absolute Gasteiger partial charge is 0.396 e. The van der Waals surface area contributed by atoms with E-state index in [1.54, 1.807) is 18.2 Å². The molecule has 0 bridgehead atoms. The van der Waals surface area contributed by atoms with Crippen molar-refractivity contribution in [3.63, 3.8) is 0 Å². The van der Waals surface area contributed by atoms with Crippen molar-refractivity contribution in [1.29, 1.82) is 0 Å². The summed E-state index contributed by atoms with van der Waals surface area (Å²) >= 11 is 0. The number of fused-ring (bicyclic) bond motifs is 2. The standard InChI is InChI=1S/C25H30N4O6/c30-11-19-17-9-28(10-18(17)19)12-25(35)5-6-29(20(8-25)15-3-4-21(31)26-23(15)33)13-1-2-14-16(7-13)24(34)27-22(14)32/h1-2,7,15,17-20,30,35H,3-6,8-12H2,(H,26,31,33)(H,27,32,34). The highest BCUT2D eigenvalue weighted by molar-refractivity contribution is 6.21. The second kappa shape index (κ2) is 8.11. The quantitative estimate of drug-likeness (QED) is 0.412. The van der Waals surface area contributed by atoms with E-state index >= 15 is 0 Å². The molecule has 1 aliphatic carbocycles. The molecule has 4 heterocycles. The van der Waals surface area contributed by atoms with Crippen LogP contribution in [0.5, 0.6) is 0 Å². The maximum Gasteiger partial charge on any atom is 0.259 e. The van der Waals surface area contributed by atoms with Crippen molar-refractivity contribution in [3.05, 3.63) is 29.3 Å². The Kier molecular flexibility index (Phi) is 5.24. The SMILES string of the molecule is O=C1CCC(C2CC(O)(CN3CC4C(CO)C4C3)CCN2c2ccc3c(c2)C(=O)NC3=O)C(=O)N1. The van der Waals surface area contributed by atoms with E-state index in [0.29, 0.717) is 61.2 Å². The number of amides is 4. The predicted octanol–water partition coefficient (Wildman–Crippen LogP) is -0.507. The molecule has 6 rings (SSSR count). The number of piperidine rings is 3. The lowest BCUT2D eigenvalue weighted by molar-refractivity contribution is -0.137. The summed E-state index contributed by atoms with van der Waals surface area (Å²) in [6.45, 7) is 2.96. The van der Waals surface area contributed by atoms with Crippen LogP contribution in [0.4, 0.5) is 5.69 Å². The van der Waals surface area contributed by atoms with Gasteiger partial charge < -0.3 is 15.1 Å². The molecule has 5 unspecified atom stereocenters. The molecule has 186 valence electrons. The van der Waals surface area contributed by atoms with Crippen LogP contribution in [-0.2, 0) is 9.59 Å². The molecule has 35 heavy (non-hydrogen) atoms. The van der Waals surface area contributed by atoms with E-state index in [9.17, 15) is 29.4 Å². The summed E-state index contributed by atoms with van der Waals surface area (Å²) in [4.78, 5) is 53.2. The minimum Gasteiger partial charge on any atom is -0.396 e. The lowest BCUT2D eigenvalue weighted by Crippen LogP contribution is -2.60. The molecule has 10 heteroatoms. The highest BCUT2D eigenvalue weighted by Crippen LogP contribution is 2.51. The van der Waals surface area contributed by atoms with Gasteiger partial charge in [-0.25, -0.2) is 0 Å². The Labute approximate surface area is 202 Å². The number of aliphatic hydroxyl groups is 2. The number of β-amino-alcohol motifs (C(OH)–C–C–N with tert-alkyl or cyclic N) is 1. The van der Waals surface area contributed by atoms with Crippen LogP contribution in [0.2, 0.25) is 0 Å². The Hall–Kier alpha value is -2.82. The Morgan fingerprint density at radius 3 is 2.49 bits per heavy atom. The van der Waals surface area contributed by atoms with Gasteiger partial charge in [0.2, 0.25) is 11.8 Å².